The number of hydrogen-bond acceptors (Lipinski definition) is 4. The molecule has 6 nitrogen and oxygen atoms in total. The molecule has 0 amide bonds. The average molecular weight is 353 g/mol. The topological polar surface area (TPSA) is 68.1 Å². The number of rotatable bonds is 4. The van der Waals surface area contributed by atoms with Crippen molar-refractivity contribution in [2.24, 2.45) is 5.92 Å². The number of nitrogens with zero attached hydrogens (tertiary/aromatic N) is 4. The first-order valence-electron chi connectivity index (χ1n) is 10.2. The molecule has 138 valence electrons. The lowest BCUT2D eigenvalue weighted by Crippen LogP contribution is -2.22. The van der Waals surface area contributed by atoms with Crippen molar-refractivity contribution in [1.29, 1.82) is 0 Å². The molecular weight excluding hydrogens is 326 g/mol. The number of nitrogens with one attached hydrogen (secondary N) is 1. The highest BCUT2D eigenvalue weighted by molar-refractivity contribution is 5.74. The van der Waals surface area contributed by atoms with E-state index in [0.29, 0.717) is 24.0 Å². The van der Waals surface area contributed by atoms with Crippen LogP contribution in [0.25, 0.3) is 16.8 Å². The molecule has 0 spiro atoms. The number of hydrogen-bond donors (Lipinski definition) is 1. The Morgan fingerprint density at radius 2 is 2.04 bits per heavy atom. The summed E-state index contributed by atoms with van der Waals surface area (Å²) in [5.74, 6) is 2.09. The highest BCUT2D eigenvalue weighted by Gasteiger charge is 2.38. The van der Waals surface area contributed by atoms with Crippen LogP contribution in [0.3, 0.4) is 0 Å². The van der Waals surface area contributed by atoms with Crippen molar-refractivity contribution in [3.63, 3.8) is 0 Å². The summed E-state index contributed by atoms with van der Waals surface area (Å²) in [6.45, 7) is 2.29. The largest absolute Gasteiger partial charge is 0.375 e. The fourth-order valence-corrected chi connectivity index (χ4v) is 5.06. The summed E-state index contributed by atoms with van der Waals surface area (Å²) in [6.07, 6.45) is 14.4. The maximum absolute atomic E-state index is 6.52. The van der Waals surface area contributed by atoms with E-state index in [4.69, 9.17) is 4.74 Å². The van der Waals surface area contributed by atoms with E-state index in [1.165, 1.54) is 32.1 Å². The van der Waals surface area contributed by atoms with Gasteiger partial charge in [0.15, 0.2) is 11.3 Å². The van der Waals surface area contributed by atoms with Crippen LogP contribution in [0.2, 0.25) is 0 Å². The Bertz CT molecular complexity index is 894. The first-order chi connectivity index (χ1) is 12.8. The van der Waals surface area contributed by atoms with Crippen molar-refractivity contribution in [3.8, 4) is 0 Å². The van der Waals surface area contributed by atoms with Crippen molar-refractivity contribution < 1.29 is 4.74 Å². The molecule has 1 N–H and O–H groups in total. The van der Waals surface area contributed by atoms with Gasteiger partial charge in [0.2, 0.25) is 0 Å². The molecule has 3 aromatic rings. The fourth-order valence-electron chi connectivity index (χ4n) is 5.06. The number of fused-ring (bicyclic) bond motifs is 3. The normalized spacial score (nSPS) is 27.7. The maximum atomic E-state index is 6.52. The lowest BCUT2D eigenvalue weighted by Gasteiger charge is -2.25. The molecule has 2 aliphatic carbocycles. The van der Waals surface area contributed by atoms with Gasteiger partial charge < -0.3 is 9.72 Å². The quantitative estimate of drug-likeness (QED) is 0.762. The molecule has 2 aliphatic rings. The summed E-state index contributed by atoms with van der Waals surface area (Å²) in [5, 5.41) is 8.99. The molecule has 2 saturated carbocycles. The van der Waals surface area contributed by atoms with Gasteiger partial charge in [-0.25, -0.2) is 4.98 Å². The molecule has 0 radical (unpaired) electrons. The lowest BCUT2D eigenvalue weighted by molar-refractivity contribution is -0.0281. The summed E-state index contributed by atoms with van der Waals surface area (Å²) in [4.78, 5) is 7.63. The Labute approximate surface area is 153 Å². The summed E-state index contributed by atoms with van der Waals surface area (Å²) in [7, 11) is 0. The van der Waals surface area contributed by atoms with Crippen LogP contribution in [0, 0.1) is 5.92 Å². The van der Waals surface area contributed by atoms with Crippen LogP contribution < -0.4 is 0 Å². The van der Waals surface area contributed by atoms with Gasteiger partial charge in [-0.2, -0.15) is 0 Å². The lowest BCUT2D eigenvalue weighted by atomic mass is 9.93. The fraction of sp³-hybridized carbons (Fsp3) is 0.650. The molecule has 0 unspecified atom stereocenters. The zero-order valence-electron chi connectivity index (χ0n) is 15.4. The standard InChI is InChI=1S/C20H27N5O/c1-2-13-10-15(26-14-6-4-3-5-7-14)11-16(13)20-24-23-18-12-22-19-17(25(18)20)8-9-21-19/h8-9,12-16,21H,2-7,10-11H2,1H3/t13-,15-,16+/m1/s1. The smallest absolute Gasteiger partial charge is 0.179 e. The van der Waals surface area contributed by atoms with E-state index in [9.17, 15) is 0 Å². The number of aromatic amines is 1. The zero-order chi connectivity index (χ0) is 17.5. The van der Waals surface area contributed by atoms with Crippen LogP contribution in [0.5, 0.6) is 0 Å². The van der Waals surface area contributed by atoms with E-state index in [2.05, 4.69) is 37.6 Å². The SMILES string of the molecule is CC[C@@H]1C[C@@H](OC2CCCCC2)C[C@@H]1c1nnc2cnc3[nH]ccc3n12. The van der Waals surface area contributed by atoms with Crippen molar-refractivity contribution in [2.75, 3.05) is 0 Å². The molecule has 5 rings (SSSR count). The maximum Gasteiger partial charge on any atom is 0.179 e. The Hall–Kier alpha value is -1.95. The van der Waals surface area contributed by atoms with Crippen LogP contribution in [-0.2, 0) is 4.74 Å². The van der Waals surface area contributed by atoms with Gasteiger partial charge in [0.1, 0.15) is 5.82 Å². The Kier molecular flexibility index (Phi) is 4.15. The number of ether oxygens (including phenoxy) is 1. The third-order valence-electron chi connectivity index (χ3n) is 6.41. The van der Waals surface area contributed by atoms with Gasteiger partial charge >= 0.3 is 0 Å². The van der Waals surface area contributed by atoms with Gasteiger partial charge in [-0.3, -0.25) is 4.40 Å². The first-order valence-corrected chi connectivity index (χ1v) is 10.2. The molecule has 0 bridgehead atoms. The average Bonchev–Trinajstić information content (AvgIpc) is 3.39. The summed E-state index contributed by atoms with van der Waals surface area (Å²) in [6, 6.07) is 2.06. The van der Waals surface area contributed by atoms with Gasteiger partial charge in [0, 0.05) is 12.1 Å². The molecule has 0 aliphatic heterocycles. The van der Waals surface area contributed by atoms with Gasteiger partial charge in [-0.1, -0.05) is 32.6 Å². The predicted octanol–water partition coefficient (Wildman–Crippen LogP) is 4.23. The molecule has 3 atom stereocenters. The molecule has 3 aromatic heterocycles. The highest BCUT2D eigenvalue weighted by atomic mass is 16.5. The molecule has 3 heterocycles. The van der Waals surface area contributed by atoms with Crippen molar-refractivity contribution >= 4 is 16.8 Å². The minimum Gasteiger partial charge on any atom is -0.375 e. The second-order valence-corrected chi connectivity index (χ2v) is 7.99. The molecule has 6 heteroatoms. The van der Waals surface area contributed by atoms with Crippen LogP contribution in [0.4, 0.5) is 0 Å². The van der Waals surface area contributed by atoms with Gasteiger partial charge in [-0.15, -0.1) is 10.2 Å². The molecular formula is C20H27N5O. The highest BCUT2D eigenvalue weighted by Crippen LogP contribution is 2.43. The van der Waals surface area contributed by atoms with Crippen LogP contribution in [0.1, 0.15) is 70.0 Å². The van der Waals surface area contributed by atoms with Crippen molar-refractivity contribution in [2.45, 2.75) is 76.4 Å². The second kappa shape index (κ2) is 6.65. The third-order valence-corrected chi connectivity index (χ3v) is 6.41. The summed E-state index contributed by atoms with van der Waals surface area (Å²) < 4.78 is 8.71. The van der Waals surface area contributed by atoms with E-state index in [1.54, 1.807) is 6.20 Å². The summed E-state index contributed by atoms with van der Waals surface area (Å²) >= 11 is 0. The Morgan fingerprint density at radius 1 is 1.15 bits per heavy atom. The van der Waals surface area contributed by atoms with Gasteiger partial charge in [0.05, 0.1) is 23.9 Å². The Balaban J connectivity index is 1.45. The second-order valence-electron chi connectivity index (χ2n) is 7.99. The summed E-state index contributed by atoms with van der Waals surface area (Å²) in [5.41, 5.74) is 2.78. The molecule has 0 aromatic carbocycles. The van der Waals surface area contributed by atoms with Gasteiger partial charge in [0.25, 0.3) is 0 Å². The Morgan fingerprint density at radius 3 is 2.88 bits per heavy atom. The third kappa shape index (κ3) is 2.71. The van der Waals surface area contributed by atoms with Crippen LogP contribution in [-0.4, -0.2) is 36.8 Å². The van der Waals surface area contributed by atoms with Crippen molar-refractivity contribution in [1.82, 2.24) is 24.6 Å². The van der Waals surface area contributed by atoms with Gasteiger partial charge in [-0.05, 0) is 37.7 Å². The predicted molar refractivity (Wildman–Crippen MR) is 100 cm³/mol. The number of H-pyrrole nitrogens is 1. The monoisotopic (exact) mass is 353 g/mol. The molecule has 2 fully saturated rings. The van der Waals surface area contributed by atoms with E-state index in [0.717, 1.165) is 41.9 Å². The zero-order valence-corrected chi connectivity index (χ0v) is 15.4. The minimum absolute atomic E-state index is 0.365. The van der Waals surface area contributed by atoms with Crippen LogP contribution >= 0.6 is 0 Å². The van der Waals surface area contributed by atoms with E-state index >= 15 is 0 Å². The van der Waals surface area contributed by atoms with E-state index in [1.807, 2.05) is 6.20 Å². The van der Waals surface area contributed by atoms with E-state index < -0.39 is 0 Å². The van der Waals surface area contributed by atoms with E-state index in [-0.39, 0.29) is 0 Å². The molecule has 26 heavy (non-hydrogen) atoms. The minimum atomic E-state index is 0.365. The number of aromatic nitrogens is 5. The van der Waals surface area contributed by atoms with Crippen molar-refractivity contribution in [3.05, 3.63) is 24.3 Å². The van der Waals surface area contributed by atoms with Crippen LogP contribution in [0.15, 0.2) is 18.5 Å². The molecule has 0 saturated heterocycles. The first kappa shape index (κ1) is 16.2.